The Hall–Kier alpha value is -2.92. The molecule has 1 aliphatic carbocycles. The first-order valence-corrected chi connectivity index (χ1v) is 10.6. The molecule has 2 N–H and O–H groups in total. The van der Waals surface area contributed by atoms with Crippen LogP contribution in [-0.2, 0) is 6.42 Å². The second-order valence-corrected chi connectivity index (χ2v) is 8.08. The summed E-state index contributed by atoms with van der Waals surface area (Å²) in [4.78, 5) is 17.6. The summed E-state index contributed by atoms with van der Waals surface area (Å²) < 4.78 is 5.68. The summed E-state index contributed by atoms with van der Waals surface area (Å²) in [5.41, 5.74) is 3.62. The number of nitrogens with zero attached hydrogens (tertiary/aromatic N) is 1. The van der Waals surface area contributed by atoms with E-state index in [9.17, 15) is 9.90 Å². The number of ether oxygens (including phenoxy) is 1. The summed E-state index contributed by atoms with van der Waals surface area (Å²) in [6.45, 7) is 1.97. The monoisotopic (exact) mass is 404 g/mol. The third-order valence-corrected chi connectivity index (χ3v) is 5.94. The van der Waals surface area contributed by atoms with Crippen LogP contribution in [0.3, 0.4) is 0 Å². The fraction of sp³-hybridized carbons (Fsp3) is 0.360. The van der Waals surface area contributed by atoms with Crippen LogP contribution >= 0.6 is 0 Å². The van der Waals surface area contributed by atoms with Gasteiger partial charge >= 0.3 is 0 Å². The summed E-state index contributed by atoms with van der Waals surface area (Å²) in [5, 5.41) is 15.3. The molecular weight excluding hydrogens is 376 g/mol. The maximum Gasteiger partial charge on any atom is 0.255 e. The van der Waals surface area contributed by atoms with E-state index in [0.29, 0.717) is 17.7 Å². The average Bonchev–Trinajstić information content (AvgIpc) is 2.76. The van der Waals surface area contributed by atoms with Crippen molar-refractivity contribution < 1.29 is 14.6 Å². The highest BCUT2D eigenvalue weighted by atomic mass is 16.5. The Morgan fingerprint density at radius 2 is 1.93 bits per heavy atom. The number of carbonyl (C=O) groups excluding carboxylic acids is 1. The van der Waals surface area contributed by atoms with E-state index in [2.05, 4.69) is 22.4 Å². The number of methoxy groups -OCH3 is 1. The molecule has 156 valence electrons. The van der Waals surface area contributed by atoms with Crippen LogP contribution in [0.25, 0.3) is 10.8 Å². The Bertz CT molecular complexity index is 1050. The molecule has 0 aliphatic heterocycles. The number of rotatable bonds is 5. The molecule has 2 aromatic carbocycles. The molecule has 0 radical (unpaired) electrons. The minimum absolute atomic E-state index is 0.202. The Labute approximate surface area is 177 Å². The third-order valence-electron chi connectivity index (χ3n) is 5.94. The summed E-state index contributed by atoms with van der Waals surface area (Å²) in [6, 6.07) is 13.8. The predicted molar refractivity (Wildman–Crippen MR) is 118 cm³/mol. The highest BCUT2D eigenvalue weighted by molar-refractivity contribution is 6.05. The Balaban J connectivity index is 1.74. The van der Waals surface area contributed by atoms with E-state index >= 15 is 0 Å². The standard InChI is InChI=1S/C25H28N2O3/c1-16-11-12-17(15-26-16)13-18-14-21(24(30-2)20-8-4-3-7-19(18)20)25(29)27-22-9-5-6-10-23(22)28/h3-4,7-8,11-12,14-15,22-23,28H,5-6,9-10,13H2,1-2H3,(H,27,29)/t22-,23-/m0/s1. The molecule has 2 atom stereocenters. The first kappa shape index (κ1) is 20.4. The van der Waals surface area contributed by atoms with Gasteiger partial charge in [-0.2, -0.15) is 0 Å². The number of nitrogens with one attached hydrogen (secondary N) is 1. The second kappa shape index (κ2) is 8.84. The summed E-state index contributed by atoms with van der Waals surface area (Å²) in [7, 11) is 1.59. The van der Waals surface area contributed by atoms with Gasteiger partial charge in [-0.25, -0.2) is 0 Å². The van der Waals surface area contributed by atoms with E-state index in [1.807, 2.05) is 43.5 Å². The Morgan fingerprint density at radius 3 is 2.63 bits per heavy atom. The molecule has 1 amide bonds. The minimum Gasteiger partial charge on any atom is -0.495 e. The Kier molecular flexibility index (Phi) is 6.00. The van der Waals surface area contributed by atoms with Crippen molar-refractivity contribution in [3.63, 3.8) is 0 Å². The van der Waals surface area contributed by atoms with Crippen molar-refractivity contribution in [1.29, 1.82) is 0 Å². The van der Waals surface area contributed by atoms with Crippen molar-refractivity contribution >= 4 is 16.7 Å². The SMILES string of the molecule is COc1c(C(=O)N[C@H]2CCCC[C@@H]2O)cc(Cc2ccc(C)nc2)c2ccccc12. The molecule has 3 aromatic rings. The highest BCUT2D eigenvalue weighted by Gasteiger charge is 2.27. The number of carbonyl (C=O) groups is 1. The molecule has 5 nitrogen and oxygen atoms in total. The molecule has 1 saturated carbocycles. The van der Waals surface area contributed by atoms with Gasteiger partial charge in [0.15, 0.2) is 0 Å². The zero-order valence-electron chi connectivity index (χ0n) is 17.5. The van der Waals surface area contributed by atoms with Gasteiger partial charge in [0.1, 0.15) is 5.75 Å². The van der Waals surface area contributed by atoms with E-state index in [1.165, 1.54) is 0 Å². The molecule has 1 fully saturated rings. The van der Waals surface area contributed by atoms with Crippen molar-refractivity contribution in [2.75, 3.05) is 7.11 Å². The van der Waals surface area contributed by atoms with Gasteiger partial charge in [0.2, 0.25) is 0 Å². The van der Waals surface area contributed by atoms with Crippen LogP contribution in [0.15, 0.2) is 48.7 Å². The number of aliphatic hydroxyl groups is 1. The Morgan fingerprint density at radius 1 is 1.17 bits per heavy atom. The number of amides is 1. The quantitative estimate of drug-likeness (QED) is 0.669. The minimum atomic E-state index is -0.493. The van der Waals surface area contributed by atoms with Gasteiger partial charge in [-0.1, -0.05) is 43.2 Å². The summed E-state index contributed by atoms with van der Waals surface area (Å²) in [6.07, 6.45) is 5.60. The van der Waals surface area contributed by atoms with Gasteiger partial charge in [-0.15, -0.1) is 0 Å². The van der Waals surface area contributed by atoms with Crippen molar-refractivity contribution in [3.8, 4) is 5.75 Å². The molecule has 0 saturated heterocycles. The molecule has 5 heteroatoms. The molecule has 4 rings (SSSR count). The van der Waals surface area contributed by atoms with Crippen molar-refractivity contribution in [1.82, 2.24) is 10.3 Å². The molecule has 0 bridgehead atoms. The number of aryl methyl sites for hydroxylation is 1. The lowest BCUT2D eigenvalue weighted by Gasteiger charge is -2.28. The van der Waals surface area contributed by atoms with Crippen molar-refractivity contribution in [2.45, 2.75) is 51.2 Å². The van der Waals surface area contributed by atoms with E-state index in [0.717, 1.165) is 53.3 Å². The number of pyridine rings is 1. The number of hydrogen-bond donors (Lipinski definition) is 2. The molecule has 30 heavy (non-hydrogen) atoms. The van der Waals surface area contributed by atoms with E-state index < -0.39 is 6.10 Å². The first-order chi connectivity index (χ1) is 14.6. The number of aliphatic hydroxyl groups excluding tert-OH is 1. The topological polar surface area (TPSA) is 71.5 Å². The predicted octanol–water partition coefficient (Wildman–Crippen LogP) is 4.18. The van der Waals surface area contributed by atoms with Crippen LogP contribution in [0.4, 0.5) is 0 Å². The number of hydrogen-bond acceptors (Lipinski definition) is 4. The van der Waals surface area contributed by atoms with Gasteiger partial charge in [-0.3, -0.25) is 9.78 Å². The van der Waals surface area contributed by atoms with Gasteiger partial charge in [0, 0.05) is 17.3 Å². The third kappa shape index (κ3) is 4.17. The number of fused-ring (bicyclic) bond motifs is 1. The van der Waals surface area contributed by atoms with Crippen LogP contribution < -0.4 is 10.1 Å². The molecule has 0 unspecified atom stereocenters. The van der Waals surface area contributed by atoms with Crippen LogP contribution in [-0.4, -0.2) is 35.3 Å². The van der Waals surface area contributed by atoms with Gasteiger partial charge in [-0.05, 0) is 54.8 Å². The number of benzene rings is 2. The lowest BCUT2D eigenvalue weighted by Crippen LogP contribution is -2.45. The van der Waals surface area contributed by atoms with Gasteiger partial charge in [0.05, 0.1) is 24.8 Å². The lowest BCUT2D eigenvalue weighted by molar-refractivity contribution is 0.0715. The van der Waals surface area contributed by atoms with Crippen LogP contribution in [0, 0.1) is 6.92 Å². The van der Waals surface area contributed by atoms with E-state index in [-0.39, 0.29) is 11.9 Å². The first-order valence-electron chi connectivity index (χ1n) is 10.6. The van der Waals surface area contributed by atoms with Gasteiger partial charge < -0.3 is 15.2 Å². The molecule has 1 heterocycles. The fourth-order valence-electron chi connectivity index (χ4n) is 4.31. The van der Waals surface area contributed by atoms with E-state index in [4.69, 9.17) is 4.74 Å². The second-order valence-electron chi connectivity index (χ2n) is 8.08. The highest BCUT2D eigenvalue weighted by Crippen LogP contribution is 2.34. The summed E-state index contributed by atoms with van der Waals surface area (Å²) in [5.74, 6) is 0.367. The molecular formula is C25H28N2O3. The molecule has 1 aliphatic rings. The zero-order chi connectivity index (χ0) is 21.1. The van der Waals surface area contributed by atoms with Crippen LogP contribution in [0.2, 0.25) is 0 Å². The molecule has 0 spiro atoms. The van der Waals surface area contributed by atoms with Crippen molar-refractivity contribution in [2.24, 2.45) is 0 Å². The lowest BCUT2D eigenvalue weighted by atomic mass is 9.91. The van der Waals surface area contributed by atoms with Crippen molar-refractivity contribution in [3.05, 3.63) is 71.0 Å². The van der Waals surface area contributed by atoms with Gasteiger partial charge in [0.25, 0.3) is 5.91 Å². The smallest absolute Gasteiger partial charge is 0.255 e. The normalized spacial score (nSPS) is 18.9. The van der Waals surface area contributed by atoms with Crippen LogP contribution in [0.1, 0.15) is 52.9 Å². The van der Waals surface area contributed by atoms with Crippen LogP contribution in [0.5, 0.6) is 5.75 Å². The average molecular weight is 405 g/mol. The largest absolute Gasteiger partial charge is 0.495 e. The maximum atomic E-state index is 13.2. The van der Waals surface area contributed by atoms with E-state index in [1.54, 1.807) is 7.11 Å². The number of aromatic nitrogens is 1. The zero-order valence-corrected chi connectivity index (χ0v) is 17.5. The summed E-state index contributed by atoms with van der Waals surface area (Å²) >= 11 is 0. The molecule has 1 aromatic heterocycles. The fourth-order valence-corrected chi connectivity index (χ4v) is 4.31. The maximum absolute atomic E-state index is 13.2.